The zero-order valence-electron chi connectivity index (χ0n) is 14.7. The van der Waals surface area contributed by atoms with Crippen LogP contribution >= 0.6 is 12.2 Å². The first-order valence-corrected chi connectivity index (χ1v) is 8.46. The molecule has 0 heterocycles. The van der Waals surface area contributed by atoms with Gasteiger partial charge in [0.2, 0.25) is 0 Å². The Morgan fingerprint density at radius 2 is 2.04 bits per heavy atom. The Bertz CT molecular complexity index is 747. The van der Waals surface area contributed by atoms with Gasteiger partial charge in [-0.3, -0.25) is 5.43 Å². The van der Waals surface area contributed by atoms with Gasteiger partial charge in [0.05, 0.1) is 13.3 Å². The summed E-state index contributed by atoms with van der Waals surface area (Å²) in [5.74, 6) is 1.35. The van der Waals surface area contributed by atoms with Gasteiger partial charge < -0.3 is 14.8 Å². The average Bonchev–Trinajstić information content (AvgIpc) is 2.60. The SMILES string of the molecule is CCNC(=S)N/N=C/c1ccc(OCc2cccc(C)c2)c(OC)c1. The van der Waals surface area contributed by atoms with Crippen molar-refractivity contribution in [3.05, 3.63) is 59.2 Å². The summed E-state index contributed by atoms with van der Waals surface area (Å²) < 4.78 is 11.3. The summed E-state index contributed by atoms with van der Waals surface area (Å²) in [5, 5.41) is 7.54. The van der Waals surface area contributed by atoms with E-state index in [-0.39, 0.29) is 0 Å². The van der Waals surface area contributed by atoms with E-state index in [4.69, 9.17) is 21.7 Å². The van der Waals surface area contributed by atoms with Crippen molar-refractivity contribution < 1.29 is 9.47 Å². The molecule has 0 fully saturated rings. The molecule has 132 valence electrons. The molecular formula is C19H23N3O2S. The van der Waals surface area contributed by atoms with E-state index in [1.807, 2.05) is 37.3 Å². The van der Waals surface area contributed by atoms with Crippen LogP contribution < -0.4 is 20.2 Å². The number of hydrazone groups is 1. The number of nitrogens with zero attached hydrogens (tertiary/aromatic N) is 1. The predicted octanol–water partition coefficient (Wildman–Crippen LogP) is 3.40. The van der Waals surface area contributed by atoms with Gasteiger partial charge in [0, 0.05) is 6.54 Å². The molecule has 25 heavy (non-hydrogen) atoms. The van der Waals surface area contributed by atoms with Crippen LogP contribution in [0.15, 0.2) is 47.6 Å². The Labute approximate surface area is 154 Å². The van der Waals surface area contributed by atoms with Crippen molar-refractivity contribution >= 4 is 23.5 Å². The molecule has 2 aromatic carbocycles. The van der Waals surface area contributed by atoms with Gasteiger partial charge >= 0.3 is 0 Å². The smallest absolute Gasteiger partial charge is 0.186 e. The lowest BCUT2D eigenvalue weighted by Crippen LogP contribution is -2.31. The van der Waals surface area contributed by atoms with E-state index in [9.17, 15) is 0 Å². The van der Waals surface area contributed by atoms with Gasteiger partial charge in [-0.05, 0) is 55.4 Å². The van der Waals surface area contributed by atoms with E-state index in [1.54, 1.807) is 13.3 Å². The maximum Gasteiger partial charge on any atom is 0.186 e. The second-order valence-corrected chi connectivity index (χ2v) is 5.83. The molecule has 6 heteroatoms. The Morgan fingerprint density at radius 1 is 1.20 bits per heavy atom. The Hall–Kier alpha value is -2.60. The molecule has 0 aliphatic heterocycles. The third-order valence-electron chi connectivity index (χ3n) is 3.38. The van der Waals surface area contributed by atoms with Crippen molar-refractivity contribution in [2.45, 2.75) is 20.5 Å². The lowest BCUT2D eigenvalue weighted by molar-refractivity contribution is 0.284. The van der Waals surface area contributed by atoms with Crippen molar-refractivity contribution in [2.24, 2.45) is 5.10 Å². The lowest BCUT2D eigenvalue weighted by Gasteiger charge is -2.11. The van der Waals surface area contributed by atoms with Crippen LogP contribution in [0, 0.1) is 6.92 Å². The summed E-state index contributed by atoms with van der Waals surface area (Å²) in [6, 6.07) is 13.9. The third kappa shape index (κ3) is 6.08. The zero-order chi connectivity index (χ0) is 18.1. The molecule has 2 rings (SSSR count). The Balaban J connectivity index is 2.01. The predicted molar refractivity (Wildman–Crippen MR) is 106 cm³/mol. The number of hydrogen-bond acceptors (Lipinski definition) is 4. The lowest BCUT2D eigenvalue weighted by atomic mass is 10.1. The topological polar surface area (TPSA) is 54.9 Å². The fourth-order valence-electron chi connectivity index (χ4n) is 2.21. The van der Waals surface area contributed by atoms with E-state index in [1.165, 1.54) is 5.56 Å². The monoisotopic (exact) mass is 357 g/mol. The molecule has 0 aromatic heterocycles. The number of ether oxygens (including phenoxy) is 2. The van der Waals surface area contributed by atoms with Crippen molar-refractivity contribution in [3.63, 3.8) is 0 Å². The molecule has 2 aromatic rings. The van der Waals surface area contributed by atoms with E-state index >= 15 is 0 Å². The van der Waals surface area contributed by atoms with Crippen LogP contribution in [0.5, 0.6) is 11.5 Å². The average molecular weight is 357 g/mol. The maximum atomic E-state index is 5.88. The summed E-state index contributed by atoms with van der Waals surface area (Å²) in [4.78, 5) is 0. The molecular weight excluding hydrogens is 334 g/mol. The Kier molecular flexibility index (Phi) is 7.22. The third-order valence-corrected chi connectivity index (χ3v) is 3.62. The first-order valence-electron chi connectivity index (χ1n) is 8.05. The van der Waals surface area contributed by atoms with Gasteiger partial charge in [-0.2, -0.15) is 5.10 Å². The molecule has 0 bridgehead atoms. The van der Waals surface area contributed by atoms with Gasteiger partial charge in [0.15, 0.2) is 16.6 Å². The number of aryl methyl sites for hydroxylation is 1. The molecule has 0 spiro atoms. The number of benzene rings is 2. The van der Waals surface area contributed by atoms with Gasteiger partial charge in [0.1, 0.15) is 6.61 Å². The summed E-state index contributed by atoms with van der Waals surface area (Å²) in [5.41, 5.74) is 5.96. The van der Waals surface area contributed by atoms with E-state index < -0.39 is 0 Å². The van der Waals surface area contributed by atoms with Crippen molar-refractivity contribution in [1.29, 1.82) is 0 Å². The summed E-state index contributed by atoms with van der Waals surface area (Å²) >= 11 is 5.05. The molecule has 0 atom stereocenters. The van der Waals surface area contributed by atoms with Crippen LogP contribution in [-0.2, 0) is 6.61 Å². The number of nitrogens with one attached hydrogen (secondary N) is 2. The molecule has 0 radical (unpaired) electrons. The maximum absolute atomic E-state index is 5.88. The molecule has 0 saturated carbocycles. The first kappa shape index (κ1) is 18.7. The molecule has 0 unspecified atom stereocenters. The fourth-order valence-corrected chi connectivity index (χ4v) is 2.41. The number of thiocarbonyl (C=S) groups is 1. The van der Waals surface area contributed by atoms with Crippen molar-refractivity contribution in [3.8, 4) is 11.5 Å². The summed E-state index contributed by atoms with van der Waals surface area (Å²) in [6.45, 7) is 5.28. The molecule has 0 aliphatic rings. The quantitative estimate of drug-likeness (QED) is 0.452. The molecule has 0 amide bonds. The standard InChI is InChI=1S/C19H23N3O2S/c1-4-20-19(25)22-21-12-15-8-9-17(18(11-15)23-3)24-13-16-7-5-6-14(2)10-16/h5-12H,4,13H2,1-3H3,(H2,20,22,25)/b21-12+. The highest BCUT2D eigenvalue weighted by Crippen LogP contribution is 2.28. The van der Waals surface area contributed by atoms with Gasteiger partial charge in [0.25, 0.3) is 0 Å². The second kappa shape index (κ2) is 9.64. The van der Waals surface area contributed by atoms with Crippen LogP contribution in [-0.4, -0.2) is 25.0 Å². The van der Waals surface area contributed by atoms with Crippen LogP contribution in [0.1, 0.15) is 23.6 Å². The van der Waals surface area contributed by atoms with E-state index in [2.05, 4.69) is 34.9 Å². The fraction of sp³-hybridized carbons (Fsp3) is 0.263. The van der Waals surface area contributed by atoms with Gasteiger partial charge in [-0.25, -0.2) is 0 Å². The van der Waals surface area contributed by atoms with Crippen LogP contribution in [0.25, 0.3) is 0 Å². The minimum absolute atomic E-state index is 0.490. The van der Waals surface area contributed by atoms with Crippen molar-refractivity contribution in [2.75, 3.05) is 13.7 Å². The molecule has 0 saturated heterocycles. The van der Waals surface area contributed by atoms with Crippen LogP contribution in [0.3, 0.4) is 0 Å². The number of rotatable bonds is 7. The largest absolute Gasteiger partial charge is 0.493 e. The first-order chi connectivity index (χ1) is 12.1. The highest BCUT2D eigenvalue weighted by Gasteiger charge is 2.06. The summed E-state index contributed by atoms with van der Waals surface area (Å²) in [7, 11) is 1.62. The van der Waals surface area contributed by atoms with Crippen LogP contribution in [0.2, 0.25) is 0 Å². The number of hydrogen-bond donors (Lipinski definition) is 2. The van der Waals surface area contributed by atoms with Gasteiger partial charge in [-0.15, -0.1) is 0 Å². The van der Waals surface area contributed by atoms with Gasteiger partial charge in [-0.1, -0.05) is 29.8 Å². The highest BCUT2D eigenvalue weighted by atomic mass is 32.1. The second-order valence-electron chi connectivity index (χ2n) is 5.42. The minimum atomic E-state index is 0.490. The van der Waals surface area contributed by atoms with Crippen molar-refractivity contribution in [1.82, 2.24) is 10.7 Å². The molecule has 2 N–H and O–H groups in total. The normalized spacial score (nSPS) is 10.5. The number of methoxy groups -OCH3 is 1. The molecule has 5 nitrogen and oxygen atoms in total. The Morgan fingerprint density at radius 3 is 2.76 bits per heavy atom. The zero-order valence-corrected chi connectivity index (χ0v) is 15.5. The summed E-state index contributed by atoms with van der Waals surface area (Å²) in [6.07, 6.45) is 1.68. The molecule has 0 aliphatic carbocycles. The highest BCUT2D eigenvalue weighted by molar-refractivity contribution is 7.80. The van der Waals surface area contributed by atoms with E-state index in [0.717, 1.165) is 17.7 Å². The van der Waals surface area contributed by atoms with E-state index in [0.29, 0.717) is 23.2 Å². The van der Waals surface area contributed by atoms with Crippen LogP contribution in [0.4, 0.5) is 0 Å². The minimum Gasteiger partial charge on any atom is -0.493 e.